The van der Waals surface area contributed by atoms with Gasteiger partial charge in [-0.15, -0.1) is 11.8 Å². The Balaban J connectivity index is 2.35. The number of allylic oxidation sites excluding steroid dienone is 1. The lowest BCUT2D eigenvalue weighted by Crippen LogP contribution is -2.30. The molecule has 17 heavy (non-hydrogen) atoms. The minimum Gasteiger partial charge on any atom is -0.313 e. The molecule has 0 radical (unpaired) electrons. The number of benzene rings is 1. The summed E-state index contributed by atoms with van der Waals surface area (Å²) in [5.41, 5.74) is 6.00. The van der Waals surface area contributed by atoms with Gasteiger partial charge in [0.25, 0.3) is 0 Å². The van der Waals surface area contributed by atoms with Gasteiger partial charge in [0, 0.05) is 0 Å². The highest BCUT2D eigenvalue weighted by Gasteiger charge is 2.35. The Hall–Kier alpha value is -0.940. The van der Waals surface area contributed by atoms with E-state index in [1.165, 1.54) is 17.8 Å². The molecule has 0 fully saturated rings. The smallest absolute Gasteiger partial charge is 0.313 e. The van der Waals surface area contributed by atoms with Crippen LogP contribution in [0.15, 0.2) is 35.2 Å². The zero-order valence-corrected chi connectivity index (χ0v) is 10.0. The molecular formula is C12H12F3NS. The van der Waals surface area contributed by atoms with E-state index in [0.717, 1.165) is 17.0 Å². The Bertz CT molecular complexity index is 467. The topological polar surface area (TPSA) is 26.0 Å². The predicted molar refractivity (Wildman–Crippen MR) is 63.3 cm³/mol. The van der Waals surface area contributed by atoms with E-state index in [1.54, 1.807) is 6.07 Å². The molecular weight excluding hydrogens is 247 g/mol. The Labute approximate surface area is 102 Å². The molecule has 0 spiro atoms. The molecule has 1 unspecified atom stereocenters. The van der Waals surface area contributed by atoms with E-state index in [2.05, 4.69) is 0 Å². The molecule has 0 saturated heterocycles. The molecule has 1 aliphatic heterocycles. The minimum atomic E-state index is -4.32. The van der Waals surface area contributed by atoms with Gasteiger partial charge in [0.2, 0.25) is 0 Å². The van der Waals surface area contributed by atoms with Crippen LogP contribution in [0.25, 0.3) is 0 Å². The van der Waals surface area contributed by atoms with E-state index in [-0.39, 0.29) is 0 Å². The third-order valence-corrected chi connectivity index (χ3v) is 3.97. The van der Waals surface area contributed by atoms with Crippen molar-refractivity contribution in [3.63, 3.8) is 0 Å². The number of thioether (sulfide) groups is 1. The van der Waals surface area contributed by atoms with E-state index < -0.39 is 16.6 Å². The molecule has 1 aromatic rings. The molecule has 0 bridgehead atoms. The zero-order chi connectivity index (χ0) is 12.7. The van der Waals surface area contributed by atoms with Crippen LogP contribution < -0.4 is 5.73 Å². The van der Waals surface area contributed by atoms with Gasteiger partial charge in [-0.25, -0.2) is 0 Å². The Morgan fingerprint density at radius 2 is 2.06 bits per heavy atom. The second kappa shape index (κ2) is 4.07. The van der Waals surface area contributed by atoms with Crippen molar-refractivity contribution in [1.82, 2.24) is 0 Å². The number of rotatable bonds is 1. The van der Waals surface area contributed by atoms with Gasteiger partial charge >= 0.3 is 6.18 Å². The SMILES string of the molecule is CC1=CCC(N)(c2cccc(C(F)(F)F)c2)S1. The van der Waals surface area contributed by atoms with Crippen LogP contribution >= 0.6 is 11.8 Å². The molecule has 2 N–H and O–H groups in total. The summed E-state index contributed by atoms with van der Waals surface area (Å²) in [5.74, 6) is 0. The fraction of sp³-hybridized carbons (Fsp3) is 0.333. The van der Waals surface area contributed by atoms with Crippen LogP contribution in [0.3, 0.4) is 0 Å². The molecule has 1 atom stereocenters. The van der Waals surface area contributed by atoms with Crippen LogP contribution in [0.2, 0.25) is 0 Å². The zero-order valence-electron chi connectivity index (χ0n) is 9.21. The van der Waals surface area contributed by atoms with Crippen molar-refractivity contribution >= 4 is 11.8 Å². The van der Waals surface area contributed by atoms with Crippen molar-refractivity contribution in [1.29, 1.82) is 0 Å². The van der Waals surface area contributed by atoms with Crippen molar-refractivity contribution < 1.29 is 13.2 Å². The van der Waals surface area contributed by atoms with Crippen LogP contribution in [-0.2, 0) is 11.0 Å². The summed E-state index contributed by atoms with van der Waals surface area (Å²) in [6.45, 7) is 1.91. The highest BCUT2D eigenvalue weighted by Crippen LogP contribution is 2.46. The van der Waals surface area contributed by atoms with E-state index >= 15 is 0 Å². The monoisotopic (exact) mass is 259 g/mol. The molecule has 2 rings (SSSR count). The summed E-state index contributed by atoms with van der Waals surface area (Å²) in [4.78, 5) is 0.288. The first-order valence-electron chi connectivity index (χ1n) is 5.14. The third kappa shape index (κ3) is 2.50. The van der Waals surface area contributed by atoms with Crippen molar-refractivity contribution in [3.8, 4) is 0 Å². The van der Waals surface area contributed by atoms with Crippen molar-refractivity contribution in [2.24, 2.45) is 5.73 Å². The second-order valence-corrected chi connectivity index (χ2v) is 5.67. The lowest BCUT2D eigenvalue weighted by molar-refractivity contribution is -0.137. The maximum atomic E-state index is 12.6. The largest absolute Gasteiger partial charge is 0.416 e. The van der Waals surface area contributed by atoms with Gasteiger partial charge < -0.3 is 5.73 Å². The van der Waals surface area contributed by atoms with Crippen molar-refractivity contribution in [2.75, 3.05) is 0 Å². The van der Waals surface area contributed by atoms with Gasteiger partial charge in [-0.05, 0) is 35.9 Å². The van der Waals surface area contributed by atoms with Crippen LogP contribution in [0.4, 0.5) is 13.2 Å². The van der Waals surface area contributed by atoms with Gasteiger partial charge in [0.05, 0.1) is 10.4 Å². The molecule has 1 nitrogen and oxygen atoms in total. The first kappa shape index (κ1) is 12.5. The molecule has 92 valence electrons. The Morgan fingerprint density at radius 1 is 1.35 bits per heavy atom. The molecule has 1 aromatic carbocycles. The molecule has 1 aliphatic rings. The van der Waals surface area contributed by atoms with E-state index in [4.69, 9.17) is 5.73 Å². The van der Waals surface area contributed by atoms with E-state index in [9.17, 15) is 13.2 Å². The average molecular weight is 259 g/mol. The summed E-state index contributed by atoms with van der Waals surface area (Å²) in [7, 11) is 0. The van der Waals surface area contributed by atoms with E-state index in [0.29, 0.717) is 12.0 Å². The molecule has 5 heteroatoms. The highest BCUT2D eigenvalue weighted by atomic mass is 32.2. The second-order valence-electron chi connectivity index (χ2n) is 4.09. The first-order chi connectivity index (χ1) is 7.81. The first-order valence-corrected chi connectivity index (χ1v) is 5.95. The lowest BCUT2D eigenvalue weighted by Gasteiger charge is -2.24. The van der Waals surface area contributed by atoms with Crippen LogP contribution in [0, 0.1) is 0 Å². The number of hydrogen-bond donors (Lipinski definition) is 1. The molecule has 0 aromatic heterocycles. The van der Waals surface area contributed by atoms with Crippen molar-refractivity contribution in [3.05, 3.63) is 46.4 Å². The summed E-state index contributed by atoms with van der Waals surface area (Å²) in [6.07, 6.45) is -1.81. The van der Waals surface area contributed by atoms with Gasteiger partial charge in [-0.3, -0.25) is 0 Å². The molecule has 1 heterocycles. The highest BCUT2D eigenvalue weighted by molar-refractivity contribution is 8.04. The maximum Gasteiger partial charge on any atom is 0.416 e. The molecule has 0 amide bonds. The van der Waals surface area contributed by atoms with Crippen molar-refractivity contribution in [2.45, 2.75) is 24.4 Å². The normalized spacial score (nSPS) is 24.9. The van der Waals surface area contributed by atoms with Gasteiger partial charge in [-0.2, -0.15) is 13.2 Å². The predicted octanol–water partition coefficient (Wildman–Crippen LogP) is 3.86. The number of nitrogens with two attached hydrogens (primary N) is 1. The summed E-state index contributed by atoms with van der Waals surface area (Å²) < 4.78 is 37.8. The number of alkyl halides is 3. The van der Waals surface area contributed by atoms with Gasteiger partial charge in [-0.1, -0.05) is 18.2 Å². The Kier molecular flexibility index (Phi) is 2.99. The Morgan fingerprint density at radius 3 is 2.59 bits per heavy atom. The summed E-state index contributed by atoms with van der Waals surface area (Å²) in [6, 6.07) is 5.25. The van der Waals surface area contributed by atoms with E-state index in [1.807, 2.05) is 13.0 Å². The summed E-state index contributed by atoms with van der Waals surface area (Å²) in [5, 5.41) is 0. The maximum absolute atomic E-state index is 12.6. The van der Waals surface area contributed by atoms with Crippen LogP contribution in [-0.4, -0.2) is 0 Å². The summed E-state index contributed by atoms with van der Waals surface area (Å²) >= 11 is 1.41. The van der Waals surface area contributed by atoms with Crippen LogP contribution in [0.1, 0.15) is 24.5 Å². The fourth-order valence-corrected chi connectivity index (χ4v) is 2.95. The quantitative estimate of drug-likeness (QED) is 0.828. The number of hydrogen-bond acceptors (Lipinski definition) is 2. The molecule has 0 aliphatic carbocycles. The fourth-order valence-electron chi connectivity index (χ4n) is 1.80. The van der Waals surface area contributed by atoms with Gasteiger partial charge in [0.15, 0.2) is 0 Å². The molecule has 0 saturated carbocycles. The standard InChI is InChI=1S/C12H12F3NS/c1-8-5-6-11(16,17-8)9-3-2-4-10(7-9)12(13,14)15/h2-5,7H,6,16H2,1H3. The van der Waals surface area contributed by atoms with Crippen LogP contribution in [0.5, 0.6) is 0 Å². The minimum absolute atomic E-state index is 0.519. The van der Waals surface area contributed by atoms with Gasteiger partial charge in [0.1, 0.15) is 0 Å². The average Bonchev–Trinajstić information content (AvgIpc) is 2.59. The third-order valence-electron chi connectivity index (χ3n) is 2.71. The number of halogens is 3. The lowest BCUT2D eigenvalue weighted by atomic mass is 10.0.